The Morgan fingerprint density at radius 1 is 1.45 bits per heavy atom. The number of anilines is 1. The third-order valence-corrected chi connectivity index (χ3v) is 4.10. The van der Waals surface area contributed by atoms with Crippen LogP contribution in [-0.4, -0.2) is 19.1 Å². The lowest BCUT2D eigenvalue weighted by Crippen LogP contribution is -2.29. The molecule has 0 heterocycles. The number of hydrogen-bond donors (Lipinski definition) is 1. The third kappa shape index (κ3) is 3.74. The van der Waals surface area contributed by atoms with E-state index in [-0.39, 0.29) is 0 Å². The van der Waals surface area contributed by atoms with Crippen molar-refractivity contribution in [2.45, 2.75) is 58.2 Å². The summed E-state index contributed by atoms with van der Waals surface area (Å²) >= 11 is 0. The zero-order valence-corrected chi connectivity index (χ0v) is 12.8. The molecule has 1 aliphatic carbocycles. The van der Waals surface area contributed by atoms with Gasteiger partial charge in [0.15, 0.2) is 0 Å². The van der Waals surface area contributed by atoms with Gasteiger partial charge in [0, 0.05) is 25.7 Å². The molecule has 1 unspecified atom stereocenters. The van der Waals surface area contributed by atoms with E-state index in [1.54, 1.807) is 0 Å². The molecular formula is C17H25N3. The minimum atomic E-state index is 0.461. The molecule has 1 atom stereocenters. The fraction of sp³-hybridized carbons (Fsp3) is 0.588. The zero-order valence-electron chi connectivity index (χ0n) is 12.8. The standard InChI is InChI=1S/C17H25N3/c1-4-5-13(2)20(3)17-9-6-14(10-15(17)11-18)12-19-16-7-8-16/h6,9-10,13,16,19H,4-5,7-8,12H2,1-3H3. The van der Waals surface area contributed by atoms with Crippen molar-refractivity contribution in [3.8, 4) is 6.07 Å². The van der Waals surface area contributed by atoms with Crippen molar-refractivity contribution in [2.75, 3.05) is 11.9 Å². The number of benzene rings is 1. The van der Waals surface area contributed by atoms with Crippen LogP contribution in [0.15, 0.2) is 18.2 Å². The maximum atomic E-state index is 9.40. The molecule has 1 N–H and O–H groups in total. The second-order valence-corrected chi connectivity index (χ2v) is 5.87. The van der Waals surface area contributed by atoms with Gasteiger partial charge >= 0.3 is 0 Å². The molecule has 0 saturated heterocycles. The molecule has 1 aromatic rings. The first-order valence-electron chi connectivity index (χ1n) is 7.65. The Bertz CT molecular complexity index is 485. The van der Waals surface area contributed by atoms with Crippen LogP contribution in [0.5, 0.6) is 0 Å². The second-order valence-electron chi connectivity index (χ2n) is 5.87. The van der Waals surface area contributed by atoms with E-state index in [0.717, 1.165) is 30.6 Å². The number of hydrogen-bond acceptors (Lipinski definition) is 3. The molecule has 0 amide bonds. The average Bonchev–Trinajstić information content (AvgIpc) is 3.28. The predicted molar refractivity (Wildman–Crippen MR) is 83.8 cm³/mol. The molecule has 1 aliphatic rings. The van der Waals surface area contributed by atoms with Crippen molar-refractivity contribution in [3.05, 3.63) is 29.3 Å². The van der Waals surface area contributed by atoms with Gasteiger partial charge in [-0.2, -0.15) is 5.26 Å². The topological polar surface area (TPSA) is 39.1 Å². The van der Waals surface area contributed by atoms with E-state index in [9.17, 15) is 5.26 Å². The molecule has 1 aromatic carbocycles. The van der Waals surface area contributed by atoms with Gasteiger partial charge < -0.3 is 10.2 Å². The maximum absolute atomic E-state index is 9.40. The summed E-state index contributed by atoms with van der Waals surface area (Å²) in [6.07, 6.45) is 4.89. The highest BCUT2D eigenvalue weighted by Crippen LogP contribution is 2.24. The van der Waals surface area contributed by atoms with Crippen molar-refractivity contribution in [3.63, 3.8) is 0 Å². The molecular weight excluding hydrogens is 246 g/mol. The average molecular weight is 271 g/mol. The van der Waals surface area contributed by atoms with E-state index in [4.69, 9.17) is 0 Å². The monoisotopic (exact) mass is 271 g/mol. The van der Waals surface area contributed by atoms with Gasteiger partial charge in [-0.1, -0.05) is 19.4 Å². The zero-order chi connectivity index (χ0) is 14.5. The molecule has 1 saturated carbocycles. The van der Waals surface area contributed by atoms with Gasteiger partial charge in [0.05, 0.1) is 11.3 Å². The quantitative estimate of drug-likeness (QED) is 0.825. The normalized spacial score (nSPS) is 15.7. The van der Waals surface area contributed by atoms with E-state index in [2.05, 4.69) is 49.3 Å². The Morgan fingerprint density at radius 2 is 2.20 bits per heavy atom. The molecule has 0 bridgehead atoms. The Labute approximate surface area is 122 Å². The lowest BCUT2D eigenvalue weighted by atomic mass is 10.1. The van der Waals surface area contributed by atoms with Crippen LogP contribution >= 0.6 is 0 Å². The maximum Gasteiger partial charge on any atom is 0.101 e. The molecule has 0 aliphatic heterocycles. The first kappa shape index (κ1) is 14.9. The third-order valence-electron chi connectivity index (χ3n) is 4.10. The molecule has 108 valence electrons. The number of nitrogens with one attached hydrogen (secondary N) is 1. The lowest BCUT2D eigenvalue weighted by molar-refractivity contribution is 0.615. The summed E-state index contributed by atoms with van der Waals surface area (Å²) < 4.78 is 0. The van der Waals surface area contributed by atoms with Crippen LogP contribution in [0.3, 0.4) is 0 Å². The molecule has 2 rings (SSSR count). The second kappa shape index (κ2) is 6.76. The smallest absolute Gasteiger partial charge is 0.101 e. The Balaban J connectivity index is 2.10. The van der Waals surface area contributed by atoms with E-state index in [1.165, 1.54) is 18.4 Å². The van der Waals surface area contributed by atoms with Gasteiger partial charge in [-0.05, 0) is 43.9 Å². The largest absolute Gasteiger partial charge is 0.371 e. The Kier molecular flexibility index (Phi) is 5.03. The van der Waals surface area contributed by atoms with Crippen LogP contribution in [0.25, 0.3) is 0 Å². The van der Waals surface area contributed by atoms with Gasteiger partial charge in [0.2, 0.25) is 0 Å². The summed E-state index contributed by atoms with van der Waals surface area (Å²) in [6, 6.07) is 9.77. The highest BCUT2D eigenvalue weighted by Gasteiger charge is 2.20. The predicted octanol–water partition coefficient (Wildman–Crippen LogP) is 3.44. The number of rotatable bonds is 7. The van der Waals surface area contributed by atoms with Gasteiger partial charge in [-0.3, -0.25) is 0 Å². The summed E-state index contributed by atoms with van der Waals surface area (Å²) in [5.41, 5.74) is 3.03. The van der Waals surface area contributed by atoms with E-state index < -0.39 is 0 Å². The van der Waals surface area contributed by atoms with Gasteiger partial charge in [0.25, 0.3) is 0 Å². The molecule has 1 fully saturated rings. The summed E-state index contributed by atoms with van der Waals surface area (Å²) in [5, 5.41) is 12.9. The minimum Gasteiger partial charge on any atom is -0.371 e. The van der Waals surface area contributed by atoms with Crippen molar-refractivity contribution >= 4 is 5.69 Å². The van der Waals surface area contributed by atoms with Crippen molar-refractivity contribution in [2.24, 2.45) is 0 Å². The van der Waals surface area contributed by atoms with Gasteiger partial charge in [-0.25, -0.2) is 0 Å². The van der Waals surface area contributed by atoms with E-state index >= 15 is 0 Å². The van der Waals surface area contributed by atoms with Crippen LogP contribution in [0.2, 0.25) is 0 Å². The number of nitrogens with zero attached hydrogens (tertiary/aromatic N) is 2. The van der Waals surface area contributed by atoms with Crippen LogP contribution in [-0.2, 0) is 6.54 Å². The molecule has 0 radical (unpaired) electrons. The Hall–Kier alpha value is -1.53. The van der Waals surface area contributed by atoms with E-state index in [1.807, 2.05) is 6.07 Å². The van der Waals surface area contributed by atoms with Crippen molar-refractivity contribution in [1.82, 2.24) is 5.32 Å². The fourth-order valence-corrected chi connectivity index (χ4v) is 2.49. The molecule has 0 spiro atoms. The van der Waals surface area contributed by atoms with Gasteiger partial charge in [0.1, 0.15) is 6.07 Å². The highest BCUT2D eigenvalue weighted by molar-refractivity contribution is 5.60. The summed E-state index contributed by atoms with van der Waals surface area (Å²) in [5.74, 6) is 0. The first-order chi connectivity index (χ1) is 9.65. The van der Waals surface area contributed by atoms with Crippen molar-refractivity contribution in [1.29, 1.82) is 5.26 Å². The SMILES string of the molecule is CCCC(C)N(C)c1ccc(CNC2CC2)cc1C#N. The van der Waals surface area contributed by atoms with Crippen LogP contribution in [0.4, 0.5) is 5.69 Å². The fourth-order valence-electron chi connectivity index (χ4n) is 2.49. The molecule has 3 heteroatoms. The van der Waals surface area contributed by atoms with Crippen molar-refractivity contribution < 1.29 is 0 Å². The van der Waals surface area contributed by atoms with Gasteiger partial charge in [-0.15, -0.1) is 0 Å². The number of nitriles is 1. The summed E-state index contributed by atoms with van der Waals surface area (Å²) in [4.78, 5) is 2.22. The summed E-state index contributed by atoms with van der Waals surface area (Å²) in [7, 11) is 2.08. The molecule has 3 nitrogen and oxygen atoms in total. The Morgan fingerprint density at radius 3 is 2.80 bits per heavy atom. The summed E-state index contributed by atoms with van der Waals surface area (Å²) in [6.45, 7) is 5.28. The molecule has 0 aromatic heterocycles. The highest BCUT2D eigenvalue weighted by atomic mass is 15.1. The van der Waals surface area contributed by atoms with Crippen LogP contribution in [0, 0.1) is 11.3 Å². The minimum absolute atomic E-state index is 0.461. The van der Waals surface area contributed by atoms with Crippen LogP contribution in [0.1, 0.15) is 50.7 Å². The van der Waals surface area contributed by atoms with E-state index in [0.29, 0.717) is 12.1 Å². The first-order valence-corrected chi connectivity index (χ1v) is 7.65. The van der Waals surface area contributed by atoms with Crippen LogP contribution < -0.4 is 10.2 Å². The lowest BCUT2D eigenvalue weighted by Gasteiger charge is -2.28. The molecule has 20 heavy (non-hydrogen) atoms.